The van der Waals surface area contributed by atoms with Crippen LogP contribution in [0.4, 0.5) is 10.1 Å². The molecule has 6 nitrogen and oxygen atoms in total. The Morgan fingerprint density at radius 1 is 1.06 bits per heavy atom. The standard InChI is InChI=1S/C27H33FN2O4S/c1-19-17-27(34-26(19)31)12-14-29(15-13-27)23-10-9-22(24(28)16-23)18-30-20(2)8-11-25(35(30,32)33)21-6-4-3-5-7-21/h3-7,9-10,16,19-20,25H,8,11-15,17-18H2,1-2H3. The van der Waals surface area contributed by atoms with E-state index in [-0.39, 0.29) is 30.1 Å². The fourth-order valence-electron chi connectivity index (χ4n) is 5.86. The number of nitrogens with zero attached hydrogens (tertiary/aromatic N) is 2. The lowest BCUT2D eigenvalue weighted by Crippen LogP contribution is -2.45. The van der Waals surface area contributed by atoms with Crippen LogP contribution in [0.15, 0.2) is 48.5 Å². The molecule has 2 aromatic rings. The summed E-state index contributed by atoms with van der Waals surface area (Å²) in [4.78, 5) is 14.0. The van der Waals surface area contributed by atoms with Crippen LogP contribution >= 0.6 is 0 Å². The zero-order chi connectivity index (χ0) is 24.8. The van der Waals surface area contributed by atoms with E-state index in [0.29, 0.717) is 25.1 Å². The topological polar surface area (TPSA) is 66.9 Å². The molecule has 3 aliphatic heterocycles. The second-order valence-electron chi connectivity index (χ2n) is 10.4. The van der Waals surface area contributed by atoms with Crippen LogP contribution in [-0.4, -0.2) is 43.4 Å². The molecule has 0 radical (unpaired) electrons. The van der Waals surface area contributed by atoms with Gasteiger partial charge in [-0.15, -0.1) is 0 Å². The normalized spacial score (nSPS) is 28.3. The summed E-state index contributed by atoms with van der Waals surface area (Å²) in [5.74, 6) is -0.577. The minimum atomic E-state index is -3.62. The molecule has 0 aliphatic carbocycles. The lowest BCUT2D eigenvalue weighted by Gasteiger charge is -2.39. The third-order valence-corrected chi connectivity index (χ3v) is 10.4. The molecular formula is C27H33FN2O4S. The smallest absolute Gasteiger partial charge is 0.309 e. The number of sulfonamides is 1. The van der Waals surface area contributed by atoms with E-state index in [1.54, 1.807) is 6.07 Å². The van der Waals surface area contributed by atoms with Crippen molar-refractivity contribution >= 4 is 21.7 Å². The highest BCUT2D eigenvalue weighted by Gasteiger charge is 2.46. The average Bonchev–Trinajstić information content (AvgIpc) is 3.10. The number of carbonyl (C=O) groups is 1. The monoisotopic (exact) mass is 500 g/mol. The quantitative estimate of drug-likeness (QED) is 0.564. The molecule has 3 unspecified atom stereocenters. The molecule has 5 rings (SSSR count). The molecule has 3 atom stereocenters. The molecule has 1 spiro atoms. The minimum absolute atomic E-state index is 0.0237. The predicted molar refractivity (Wildman–Crippen MR) is 133 cm³/mol. The van der Waals surface area contributed by atoms with Gasteiger partial charge in [-0.05, 0) is 37.5 Å². The summed E-state index contributed by atoms with van der Waals surface area (Å²) in [6, 6.07) is 14.2. The molecule has 3 heterocycles. The maximum absolute atomic E-state index is 15.2. The summed E-state index contributed by atoms with van der Waals surface area (Å²) in [5.41, 5.74) is 1.56. The Morgan fingerprint density at radius 2 is 1.77 bits per heavy atom. The number of hydrogen-bond acceptors (Lipinski definition) is 5. The fourth-order valence-corrected chi connectivity index (χ4v) is 8.04. The Morgan fingerprint density at radius 3 is 2.40 bits per heavy atom. The number of rotatable bonds is 4. The van der Waals surface area contributed by atoms with Crippen molar-refractivity contribution in [3.05, 3.63) is 65.5 Å². The van der Waals surface area contributed by atoms with Crippen LogP contribution in [-0.2, 0) is 26.1 Å². The highest BCUT2D eigenvalue weighted by atomic mass is 32.2. The molecule has 35 heavy (non-hydrogen) atoms. The van der Waals surface area contributed by atoms with Gasteiger partial charge >= 0.3 is 5.97 Å². The summed E-state index contributed by atoms with van der Waals surface area (Å²) < 4.78 is 49.3. The van der Waals surface area contributed by atoms with Gasteiger partial charge in [0.05, 0.1) is 5.92 Å². The SMILES string of the molecule is CC1CC2(CCN(c3ccc(CN4C(C)CCC(c5ccccc5)S4(=O)=O)c(F)c3)CC2)OC1=O. The van der Waals surface area contributed by atoms with Crippen LogP contribution in [0.1, 0.15) is 62.3 Å². The number of ether oxygens (including phenoxy) is 1. The van der Waals surface area contributed by atoms with Crippen molar-refractivity contribution in [1.29, 1.82) is 0 Å². The zero-order valence-corrected chi connectivity index (χ0v) is 21.1. The third-order valence-electron chi connectivity index (χ3n) is 8.00. The summed E-state index contributed by atoms with van der Waals surface area (Å²) in [6.45, 7) is 5.20. The van der Waals surface area contributed by atoms with Crippen LogP contribution in [0.5, 0.6) is 0 Å². The van der Waals surface area contributed by atoms with E-state index in [2.05, 4.69) is 4.90 Å². The first kappa shape index (κ1) is 24.3. The van der Waals surface area contributed by atoms with E-state index in [4.69, 9.17) is 4.74 Å². The molecule has 3 saturated heterocycles. The molecule has 188 valence electrons. The Bertz CT molecular complexity index is 1190. The largest absolute Gasteiger partial charge is 0.459 e. The van der Waals surface area contributed by atoms with Crippen molar-refractivity contribution in [2.24, 2.45) is 5.92 Å². The number of hydrogen-bond donors (Lipinski definition) is 0. The van der Waals surface area contributed by atoms with Crippen LogP contribution in [0.25, 0.3) is 0 Å². The Labute approximate surface area is 207 Å². The first-order valence-corrected chi connectivity index (χ1v) is 14.0. The maximum Gasteiger partial charge on any atom is 0.309 e. The van der Waals surface area contributed by atoms with Gasteiger partial charge in [-0.25, -0.2) is 12.8 Å². The summed E-state index contributed by atoms with van der Waals surface area (Å²) >= 11 is 0. The summed E-state index contributed by atoms with van der Waals surface area (Å²) in [7, 11) is -3.62. The van der Waals surface area contributed by atoms with Gasteiger partial charge in [0.25, 0.3) is 0 Å². The molecule has 0 saturated carbocycles. The number of halogens is 1. The van der Waals surface area contributed by atoms with E-state index in [9.17, 15) is 13.2 Å². The Balaban J connectivity index is 1.30. The molecule has 8 heteroatoms. The summed E-state index contributed by atoms with van der Waals surface area (Å²) in [6.07, 6.45) is 3.51. The van der Waals surface area contributed by atoms with Crippen LogP contribution in [0.3, 0.4) is 0 Å². The van der Waals surface area contributed by atoms with Gasteiger partial charge < -0.3 is 9.64 Å². The van der Waals surface area contributed by atoms with Gasteiger partial charge in [-0.1, -0.05) is 43.3 Å². The van der Waals surface area contributed by atoms with Gasteiger partial charge in [-0.2, -0.15) is 4.31 Å². The van der Waals surface area contributed by atoms with Crippen molar-refractivity contribution in [1.82, 2.24) is 4.31 Å². The van der Waals surface area contributed by atoms with Crippen LogP contribution in [0, 0.1) is 11.7 Å². The first-order valence-electron chi connectivity index (χ1n) is 12.5. The molecule has 3 fully saturated rings. The van der Waals surface area contributed by atoms with Crippen molar-refractivity contribution in [2.45, 2.75) is 69.4 Å². The number of carbonyl (C=O) groups excluding carboxylic acids is 1. The van der Waals surface area contributed by atoms with E-state index < -0.39 is 21.1 Å². The second kappa shape index (κ2) is 9.21. The van der Waals surface area contributed by atoms with Crippen molar-refractivity contribution < 1.29 is 22.3 Å². The predicted octanol–water partition coefficient (Wildman–Crippen LogP) is 4.80. The molecule has 0 amide bonds. The molecule has 0 bridgehead atoms. The average molecular weight is 501 g/mol. The Hall–Kier alpha value is -2.45. The molecular weight excluding hydrogens is 467 g/mol. The van der Waals surface area contributed by atoms with Gasteiger partial charge in [0.1, 0.15) is 16.7 Å². The van der Waals surface area contributed by atoms with Gasteiger partial charge in [-0.3, -0.25) is 4.79 Å². The lowest BCUT2D eigenvalue weighted by atomic mass is 9.85. The van der Waals surface area contributed by atoms with E-state index in [1.807, 2.05) is 50.2 Å². The van der Waals surface area contributed by atoms with E-state index in [1.165, 1.54) is 10.4 Å². The highest BCUT2D eigenvalue weighted by Crippen LogP contribution is 2.41. The van der Waals surface area contributed by atoms with Gasteiger partial charge in [0, 0.05) is 56.2 Å². The maximum atomic E-state index is 15.2. The van der Waals surface area contributed by atoms with Gasteiger partial charge in [0.2, 0.25) is 10.0 Å². The first-order chi connectivity index (χ1) is 16.7. The van der Waals surface area contributed by atoms with Gasteiger partial charge in [0.15, 0.2) is 0 Å². The van der Waals surface area contributed by atoms with Crippen molar-refractivity contribution in [3.8, 4) is 0 Å². The fraction of sp³-hybridized carbons (Fsp3) is 0.519. The highest BCUT2D eigenvalue weighted by molar-refractivity contribution is 7.89. The third kappa shape index (κ3) is 4.58. The number of piperidine rings is 1. The van der Waals surface area contributed by atoms with Crippen LogP contribution < -0.4 is 4.90 Å². The molecule has 2 aromatic carbocycles. The van der Waals surface area contributed by atoms with E-state index >= 15 is 4.39 Å². The second-order valence-corrected chi connectivity index (χ2v) is 12.5. The van der Waals surface area contributed by atoms with Crippen LogP contribution in [0.2, 0.25) is 0 Å². The molecule has 0 aromatic heterocycles. The van der Waals surface area contributed by atoms with Crippen molar-refractivity contribution in [3.63, 3.8) is 0 Å². The molecule has 3 aliphatic rings. The zero-order valence-electron chi connectivity index (χ0n) is 20.3. The van der Waals surface area contributed by atoms with E-state index in [0.717, 1.165) is 36.9 Å². The number of benzene rings is 2. The molecule has 0 N–H and O–H groups in total. The van der Waals surface area contributed by atoms with Crippen molar-refractivity contribution in [2.75, 3.05) is 18.0 Å². The Kier molecular flexibility index (Phi) is 6.38. The number of anilines is 1. The minimum Gasteiger partial charge on any atom is -0.459 e. The summed E-state index contributed by atoms with van der Waals surface area (Å²) in [5, 5.41) is -0.602. The number of esters is 1. The lowest BCUT2D eigenvalue weighted by molar-refractivity contribution is -0.151.